The van der Waals surface area contributed by atoms with Crippen molar-refractivity contribution < 1.29 is 15.0 Å². The van der Waals surface area contributed by atoms with Gasteiger partial charge in [-0.25, -0.2) is 4.79 Å². The molecule has 0 atom stereocenters. The van der Waals surface area contributed by atoms with E-state index in [2.05, 4.69) is 0 Å². The summed E-state index contributed by atoms with van der Waals surface area (Å²) >= 11 is 0. The molecule has 1 rings (SSSR count). The van der Waals surface area contributed by atoms with Gasteiger partial charge in [0.2, 0.25) is 0 Å². The van der Waals surface area contributed by atoms with Crippen molar-refractivity contribution in [3.63, 3.8) is 0 Å². The highest BCUT2D eigenvalue weighted by atomic mass is 16.4. The van der Waals surface area contributed by atoms with Gasteiger partial charge in [-0.05, 0) is 30.7 Å². The van der Waals surface area contributed by atoms with Gasteiger partial charge in [0, 0.05) is 0 Å². The van der Waals surface area contributed by atoms with E-state index in [-0.39, 0.29) is 11.3 Å². The maximum Gasteiger partial charge on any atom is 0.336 e. The second-order valence-corrected chi connectivity index (χ2v) is 2.96. The predicted octanol–water partition coefficient (Wildman–Crippen LogP) is 2.68. The number of carbonyl (C=O) groups is 1. The zero-order chi connectivity index (χ0) is 11.3. The average Bonchev–Trinajstić information content (AvgIpc) is 2.18. The van der Waals surface area contributed by atoms with Crippen LogP contribution in [0.5, 0.6) is 5.75 Å². The molecule has 3 nitrogen and oxygen atoms in total. The van der Waals surface area contributed by atoms with Crippen molar-refractivity contribution in [3.8, 4) is 5.75 Å². The van der Waals surface area contributed by atoms with E-state index in [0.717, 1.165) is 0 Å². The molecule has 0 aromatic heterocycles. The van der Waals surface area contributed by atoms with Gasteiger partial charge >= 0.3 is 5.97 Å². The van der Waals surface area contributed by atoms with Crippen molar-refractivity contribution in [2.75, 3.05) is 0 Å². The smallest absolute Gasteiger partial charge is 0.336 e. The van der Waals surface area contributed by atoms with Gasteiger partial charge in [0.25, 0.3) is 0 Å². The van der Waals surface area contributed by atoms with Gasteiger partial charge < -0.3 is 10.2 Å². The number of hydrogen-bond acceptors (Lipinski definition) is 2. The van der Waals surface area contributed by atoms with Crippen molar-refractivity contribution >= 4 is 12.0 Å². The molecule has 0 amide bonds. The number of carboxylic acid groups (broad SMARTS) is 1. The molecule has 15 heavy (non-hydrogen) atoms. The van der Waals surface area contributed by atoms with Crippen LogP contribution in [-0.2, 0) is 0 Å². The third kappa shape index (κ3) is 2.98. The molecule has 0 unspecified atom stereocenters. The number of aromatic carboxylic acids is 1. The number of benzene rings is 1. The molecule has 0 aliphatic heterocycles. The van der Waals surface area contributed by atoms with Crippen molar-refractivity contribution in [3.05, 3.63) is 47.6 Å². The lowest BCUT2D eigenvalue weighted by Gasteiger charge is -2.01. The Balaban J connectivity index is 3.13. The lowest BCUT2D eigenvalue weighted by Crippen LogP contribution is -1.98. The van der Waals surface area contributed by atoms with Gasteiger partial charge in [0.1, 0.15) is 5.75 Å². The lowest BCUT2D eigenvalue weighted by molar-refractivity contribution is 0.0696. The molecule has 0 aliphatic rings. The van der Waals surface area contributed by atoms with E-state index in [1.165, 1.54) is 18.2 Å². The summed E-state index contributed by atoms with van der Waals surface area (Å²) in [6.45, 7) is 1.87. The van der Waals surface area contributed by atoms with Crippen molar-refractivity contribution in [1.82, 2.24) is 0 Å². The summed E-state index contributed by atoms with van der Waals surface area (Å²) in [5.41, 5.74) is 0.661. The first kappa shape index (κ1) is 11.0. The van der Waals surface area contributed by atoms with E-state index >= 15 is 0 Å². The first-order valence-electron chi connectivity index (χ1n) is 4.51. The number of hydrogen-bond donors (Lipinski definition) is 2. The third-order valence-corrected chi connectivity index (χ3v) is 1.84. The number of carboxylic acids is 1. The molecule has 0 aliphatic carbocycles. The largest absolute Gasteiger partial charge is 0.508 e. The minimum Gasteiger partial charge on any atom is -0.508 e. The molecule has 0 saturated carbocycles. The topological polar surface area (TPSA) is 57.5 Å². The van der Waals surface area contributed by atoms with E-state index in [1.54, 1.807) is 18.2 Å². The molecule has 0 fully saturated rings. The van der Waals surface area contributed by atoms with Crippen molar-refractivity contribution in [2.45, 2.75) is 6.92 Å². The fourth-order valence-corrected chi connectivity index (χ4v) is 1.15. The highest BCUT2D eigenvalue weighted by Gasteiger charge is 2.07. The maximum absolute atomic E-state index is 10.8. The van der Waals surface area contributed by atoms with Crippen LogP contribution in [0.15, 0.2) is 36.4 Å². The first-order valence-corrected chi connectivity index (χ1v) is 4.51. The SMILES string of the molecule is CC=CC=Cc1cc(O)ccc1C(=O)O. The van der Waals surface area contributed by atoms with Crippen LogP contribution in [0.2, 0.25) is 0 Å². The fourth-order valence-electron chi connectivity index (χ4n) is 1.15. The Bertz CT molecular complexity index is 417. The third-order valence-electron chi connectivity index (χ3n) is 1.84. The highest BCUT2D eigenvalue weighted by Crippen LogP contribution is 2.18. The molecule has 0 bridgehead atoms. The lowest BCUT2D eigenvalue weighted by atomic mass is 10.1. The molecular formula is C12H12O3. The Kier molecular flexibility index (Phi) is 3.68. The molecular weight excluding hydrogens is 192 g/mol. The summed E-state index contributed by atoms with van der Waals surface area (Å²) < 4.78 is 0. The van der Waals surface area contributed by atoms with Gasteiger partial charge in [0.05, 0.1) is 5.56 Å². The number of aromatic hydroxyl groups is 1. The molecule has 3 heteroatoms. The summed E-state index contributed by atoms with van der Waals surface area (Å²) in [5.74, 6) is -0.949. The van der Waals surface area contributed by atoms with E-state index in [0.29, 0.717) is 5.56 Å². The van der Waals surface area contributed by atoms with Gasteiger partial charge in [0.15, 0.2) is 0 Å². The number of rotatable bonds is 3. The summed E-state index contributed by atoms with van der Waals surface area (Å²) in [6, 6.07) is 4.16. The average molecular weight is 204 g/mol. The normalized spacial score (nSPS) is 11.3. The van der Waals surface area contributed by atoms with Gasteiger partial charge in [-0.1, -0.05) is 24.3 Å². The molecule has 0 radical (unpaired) electrons. The van der Waals surface area contributed by atoms with Gasteiger partial charge in [-0.15, -0.1) is 0 Å². The Morgan fingerprint density at radius 3 is 2.67 bits per heavy atom. The van der Waals surface area contributed by atoms with E-state index in [1.807, 2.05) is 13.0 Å². The highest BCUT2D eigenvalue weighted by molar-refractivity contribution is 5.92. The molecule has 0 saturated heterocycles. The fraction of sp³-hybridized carbons (Fsp3) is 0.0833. The van der Waals surface area contributed by atoms with Crippen LogP contribution in [0.1, 0.15) is 22.8 Å². The number of allylic oxidation sites excluding steroid dienone is 3. The molecule has 2 N–H and O–H groups in total. The van der Waals surface area contributed by atoms with Gasteiger partial charge in [-0.2, -0.15) is 0 Å². The zero-order valence-electron chi connectivity index (χ0n) is 8.34. The van der Waals surface area contributed by atoms with Crippen LogP contribution in [0.25, 0.3) is 6.08 Å². The van der Waals surface area contributed by atoms with Crippen molar-refractivity contribution in [2.24, 2.45) is 0 Å². The second kappa shape index (κ2) is 5.00. The van der Waals surface area contributed by atoms with Crippen LogP contribution in [-0.4, -0.2) is 16.2 Å². The molecule has 1 aromatic rings. The zero-order valence-corrected chi connectivity index (χ0v) is 8.34. The second-order valence-electron chi connectivity index (χ2n) is 2.96. The summed E-state index contributed by atoms with van der Waals surface area (Å²) in [7, 11) is 0. The summed E-state index contributed by atoms with van der Waals surface area (Å²) in [5, 5.41) is 18.1. The van der Waals surface area contributed by atoms with E-state index in [4.69, 9.17) is 5.11 Å². The summed E-state index contributed by atoms with van der Waals surface area (Å²) in [4.78, 5) is 10.8. The molecule has 78 valence electrons. The molecule has 0 spiro atoms. The van der Waals surface area contributed by atoms with E-state index in [9.17, 15) is 9.90 Å². The van der Waals surface area contributed by atoms with Crippen LogP contribution >= 0.6 is 0 Å². The Morgan fingerprint density at radius 2 is 2.07 bits per heavy atom. The monoisotopic (exact) mass is 204 g/mol. The summed E-state index contributed by atoms with van der Waals surface area (Å²) in [6.07, 6.45) is 6.99. The minimum atomic E-state index is -1.00. The first-order chi connectivity index (χ1) is 7.15. The molecule has 1 aromatic carbocycles. The van der Waals surface area contributed by atoms with Crippen LogP contribution in [0.3, 0.4) is 0 Å². The van der Waals surface area contributed by atoms with Gasteiger partial charge in [-0.3, -0.25) is 0 Å². The van der Waals surface area contributed by atoms with Crippen LogP contribution in [0.4, 0.5) is 0 Å². The molecule has 0 heterocycles. The Morgan fingerprint density at radius 1 is 1.33 bits per heavy atom. The standard InChI is InChI=1S/C12H12O3/c1-2-3-4-5-9-8-10(13)6-7-11(9)12(14)15/h2-8,13H,1H3,(H,14,15). The van der Waals surface area contributed by atoms with Crippen LogP contribution in [0, 0.1) is 0 Å². The van der Waals surface area contributed by atoms with Crippen LogP contribution < -0.4 is 0 Å². The number of phenolic OH excluding ortho intramolecular Hbond substituents is 1. The maximum atomic E-state index is 10.8. The quantitative estimate of drug-likeness (QED) is 0.744. The van der Waals surface area contributed by atoms with E-state index < -0.39 is 5.97 Å². The Hall–Kier alpha value is -2.03. The minimum absolute atomic E-state index is 0.0557. The number of phenols is 1. The Labute approximate surface area is 88.0 Å². The van der Waals surface area contributed by atoms with Crippen molar-refractivity contribution in [1.29, 1.82) is 0 Å². The predicted molar refractivity (Wildman–Crippen MR) is 58.9 cm³/mol.